The van der Waals surface area contributed by atoms with Gasteiger partial charge in [-0.25, -0.2) is 0 Å². The SMILES string of the molecule is C=N/C(=C(/c1ccccc1)N(c1ccccc1Cl)C(N)(N=C)c1ccccc1Cl)c1ccccc1. The van der Waals surface area contributed by atoms with E-state index >= 15 is 0 Å². The van der Waals surface area contributed by atoms with E-state index in [2.05, 4.69) is 23.4 Å². The molecule has 35 heavy (non-hydrogen) atoms. The van der Waals surface area contributed by atoms with Gasteiger partial charge in [0.15, 0.2) is 0 Å². The van der Waals surface area contributed by atoms with Crippen LogP contribution in [0, 0.1) is 0 Å². The molecular weight excluding hydrogens is 475 g/mol. The first kappa shape index (κ1) is 24.4. The lowest BCUT2D eigenvalue weighted by atomic mass is 9.98. The fraction of sp³-hybridized carbons (Fsp3) is 0.0345. The Morgan fingerprint density at radius 3 is 1.74 bits per heavy atom. The van der Waals surface area contributed by atoms with E-state index in [1.165, 1.54) is 0 Å². The van der Waals surface area contributed by atoms with E-state index in [0.717, 1.165) is 11.1 Å². The van der Waals surface area contributed by atoms with Crippen molar-refractivity contribution in [2.24, 2.45) is 15.7 Å². The van der Waals surface area contributed by atoms with Crippen molar-refractivity contribution in [1.82, 2.24) is 0 Å². The van der Waals surface area contributed by atoms with Crippen LogP contribution in [0.25, 0.3) is 11.4 Å². The fourth-order valence-electron chi connectivity index (χ4n) is 4.01. The van der Waals surface area contributed by atoms with Gasteiger partial charge in [0, 0.05) is 21.7 Å². The second-order valence-electron chi connectivity index (χ2n) is 7.74. The lowest BCUT2D eigenvalue weighted by molar-refractivity contribution is 0.485. The Morgan fingerprint density at radius 2 is 1.20 bits per heavy atom. The highest BCUT2D eigenvalue weighted by Crippen LogP contribution is 2.45. The Bertz CT molecular complexity index is 1370. The van der Waals surface area contributed by atoms with Gasteiger partial charge in [0.05, 0.1) is 22.1 Å². The summed E-state index contributed by atoms with van der Waals surface area (Å²) in [5.74, 6) is -1.54. The zero-order valence-electron chi connectivity index (χ0n) is 19.0. The summed E-state index contributed by atoms with van der Waals surface area (Å²) in [4.78, 5) is 10.7. The molecule has 4 nitrogen and oxygen atoms in total. The summed E-state index contributed by atoms with van der Waals surface area (Å²) >= 11 is 13.4. The van der Waals surface area contributed by atoms with E-state index in [9.17, 15) is 0 Å². The Hall–Kier alpha value is -3.70. The van der Waals surface area contributed by atoms with Crippen molar-refractivity contribution in [3.8, 4) is 0 Å². The maximum Gasteiger partial charge on any atom is 0.216 e. The van der Waals surface area contributed by atoms with E-state index in [0.29, 0.717) is 32.7 Å². The summed E-state index contributed by atoms with van der Waals surface area (Å²) in [6.45, 7) is 7.77. The maximum atomic E-state index is 7.13. The van der Waals surface area contributed by atoms with Gasteiger partial charge in [0.25, 0.3) is 0 Å². The number of hydrogen-bond donors (Lipinski definition) is 1. The van der Waals surface area contributed by atoms with Crippen LogP contribution in [0.1, 0.15) is 16.7 Å². The molecule has 0 aliphatic heterocycles. The largest absolute Gasteiger partial charge is 0.296 e. The smallest absolute Gasteiger partial charge is 0.216 e. The third-order valence-electron chi connectivity index (χ3n) is 5.65. The number of aliphatic imine (C=N–C) groups is 2. The monoisotopic (exact) mass is 498 g/mol. The van der Waals surface area contributed by atoms with Crippen molar-refractivity contribution in [2.75, 3.05) is 4.90 Å². The Labute approximate surface area is 215 Å². The number of anilines is 1. The molecule has 2 N–H and O–H groups in total. The normalized spacial score (nSPS) is 13.3. The molecule has 0 saturated carbocycles. The van der Waals surface area contributed by atoms with Gasteiger partial charge in [-0.15, -0.1) is 0 Å². The van der Waals surface area contributed by atoms with Crippen LogP contribution in [0.5, 0.6) is 0 Å². The van der Waals surface area contributed by atoms with Crippen LogP contribution in [0.2, 0.25) is 10.0 Å². The van der Waals surface area contributed by atoms with E-state index in [4.69, 9.17) is 28.9 Å². The van der Waals surface area contributed by atoms with Crippen molar-refractivity contribution in [2.45, 2.75) is 5.79 Å². The molecule has 4 aromatic carbocycles. The minimum absolute atomic E-state index is 0.444. The average molecular weight is 499 g/mol. The molecule has 0 aromatic heterocycles. The molecule has 174 valence electrons. The zero-order chi connectivity index (χ0) is 24.8. The molecule has 0 aliphatic rings. The molecule has 0 aliphatic carbocycles. The van der Waals surface area contributed by atoms with Gasteiger partial charge in [-0.2, -0.15) is 0 Å². The Morgan fingerprint density at radius 1 is 0.686 bits per heavy atom. The van der Waals surface area contributed by atoms with Crippen LogP contribution in [0.3, 0.4) is 0 Å². The van der Waals surface area contributed by atoms with Crippen molar-refractivity contribution in [1.29, 1.82) is 0 Å². The van der Waals surface area contributed by atoms with Crippen molar-refractivity contribution < 1.29 is 0 Å². The summed E-state index contributed by atoms with van der Waals surface area (Å²) in [7, 11) is 0. The lowest BCUT2D eigenvalue weighted by Gasteiger charge is -2.42. The second kappa shape index (κ2) is 10.7. The van der Waals surface area contributed by atoms with Crippen molar-refractivity contribution >= 4 is 53.7 Å². The van der Waals surface area contributed by atoms with Crippen molar-refractivity contribution in [3.63, 3.8) is 0 Å². The number of nitrogens with zero attached hydrogens (tertiary/aromatic N) is 3. The first-order chi connectivity index (χ1) is 17.0. The van der Waals surface area contributed by atoms with E-state index in [1.54, 1.807) is 12.1 Å². The van der Waals surface area contributed by atoms with Gasteiger partial charge in [-0.1, -0.05) is 114 Å². The Balaban J connectivity index is 2.17. The minimum Gasteiger partial charge on any atom is -0.296 e. The number of halogens is 2. The van der Waals surface area contributed by atoms with E-state index in [-0.39, 0.29) is 0 Å². The van der Waals surface area contributed by atoms with Crippen LogP contribution in [0.15, 0.2) is 119 Å². The summed E-state index contributed by atoms with van der Waals surface area (Å²) in [6, 6.07) is 34.2. The summed E-state index contributed by atoms with van der Waals surface area (Å²) in [5.41, 5.74) is 11.2. The topological polar surface area (TPSA) is 54.0 Å². The number of rotatable bonds is 8. The molecule has 0 heterocycles. The first-order valence-corrected chi connectivity index (χ1v) is 11.6. The third-order valence-corrected chi connectivity index (χ3v) is 6.30. The standard InChI is InChI=1S/C29H24Cl2N4/c1-33-27(21-13-5-3-6-14-21)28(22-15-7-4-8-16-22)35(26-20-12-11-19-25(26)31)29(32,34-2)23-17-9-10-18-24(23)30/h3-20H,1-2,32H2/b28-27-. The molecule has 1 atom stereocenters. The fourth-order valence-corrected chi connectivity index (χ4v) is 4.51. The molecule has 4 rings (SSSR count). The highest BCUT2D eigenvalue weighted by molar-refractivity contribution is 6.34. The van der Waals surface area contributed by atoms with Crippen LogP contribution >= 0.6 is 23.2 Å². The molecule has 4 aromatic rings. The minimum atomic E-state index is -1.54. The second-order valence-corrected chi connectivity index (χ2v) is 8.55. The molecule has 0 radical (unpaired) electrons. The van der Waals surface area contributed by atoms with E-state index in [1.807, 2.05) is 102 Å². The number of nitrogens with two attached hydrogens (primary N) is 1. The molecule has 0 saturated heterocycles. The van der Waals surface area contributed by atoms with Gasteiger partial charge in [-0.05, 0) is 31.6 Å². The lowest BCUT2D eigenvalue weighted by Crippen LogP contribution is -2.51. The molecular formula is C29H24Cl2N4. The van der Waals surface area contributed by atoms with Crippen LogP contribution < -0.4 is 10.6 Å². The van der Waals surface area contributed by atoms with Gasteiger partial charge in [0.1, 0.15) is 0 Å². The number of hydrogen-bond acceptors (Lipinski definition) is 4. The highest BCUT2D eigenvalue weighted by atomic mass is 35.5. The molecule has 0 fully saturated rings. The molecule has 0 bridgehead atoms. The molecule has 6 heteroatoms. The van der Waals surface area contributed by atoms with Gasteiger partial charge < -0.3 is 0 Å². The predicted molar refractivity (Wildman–Crippen MR) is 150 cm³/mol. The summed E-state index contributed by atoms with van der Waals surface area (Å²) in [6.07, 6.45) is 0. The van der Waals surface area contributed by atoms with Crippen LogP contribution in [-0.2, 0) is 5.79 Å². The molecule has 0 spiro atoms. The van der Waals surface area contributed by atoms with Gasteiger partial charge >= 0.3 is 0 Å². The molecule has 0 amide bonds. The van der Waals surface area contributed by atoms with E-state index < -0.39 is 5.79 Å². The number of benzene rings is 4. The predicted octanol–water partition coefficient (Wildman–Crippen LogP) is 7.50. The average Bonchev–Trinajstić information content (AvgIpc) is 2.90. The van der Waals surface area contributed by atoms with Crippen molar-refractivity contribution in [3.05, 3.63) is 136 Å². The highest BCUT2D eigenvalue weighted by Gasteiger charge is 2.40. The van der Waals surface area contributed by atoms with Crippen LogP contribution in [-0.4, -0.2) is 13.4 Å². The Kier molecular flexibility index (Phi) is 7.47. The quantitative estimate of drug-likeness (QED) is 0.155. The van der Waals surface area contributed by atoms with Gasteiger partial charge in [0.2, 0.25) is 5.79 Å². The first-order valence-electron chi connectivity index (χ1n) is 10.9. The summed E-state index contributed by atoms with van der Waals surface area (Å²) < 4.78 is 0. The third kappa shape index (κ3) is 4.77. The summed E-state index contributed by atoms with van der Waals surface area (Å²) in [5, 5.41) is 0.919. The van der Waals surface area contributed by atoms with Gasteiger partial charge in [-0.3, -0.25) is 20.6 Å². The number of para-hydroxylation sites is 1. The molecule has 1 unspecified atom stereocenters. The maximum absolute atomic E-state index is 7.13. The van der Waals surface area contributed by atoms with Crippen LogP contribution in [0.4, 0.5) is 5.69 Å². The zero-order valence-corrected chi connectivity index (χ0v) is 20.5.